The summed E-state index contributed by atoms with van der Waals surface area (Å²) in [5.74, 6) is 0.659. The molecule has 0 spiro atoms. The van der Waals surface area contributed by atoms with Gasteiger partial charge in [0.2, 0.25) is 0 Å². The van der Waals surface area contributed by atoms with E-state index in [9.17, 15) is 4.79 Å². The Morgan fingerprint density at radius 1 is 1.25 bits per heavy atom. The van der Waals surface area contributed by atoms with Gasteiger partial charge >= 0.3 is 0 Å². The highest BCUT2D eigenvalue weighted by molar-refractivity contribution is 5.95. The summed E-state index contributed by atoms with van der Waals surface area (Å²) >= 11 is 0. The SMILES string of the molecule is CC1=CC=C(NC(=O)c2ccccc2)NC1. The average molecular weight is 214 g/mol. The van der Waals surface area contributed by atoms with E-state index in [1.54, 1.807) is 12.1 Å². The van der Waals surface area contributed by atoms with Gasteiger partial charge in [0.1, 0.15) is 5.82 Å². The predicted octanol–water partition coefficient (Wildman–Crippen LogP) is 1.81. The molecule has 1 heterocycles. The second-order valence-corrected chi connectivity index (χ2v) is 3.77. The Hall–Kier alpha value is -2.03. The van der Waals surface area contributed by atoms with Gasteiger partial charge in [-0.15, -0.1) is 0 Å². The van der Waals surface area contributed by atoms with Crippen molar-refractivity contribution in [3.05, 3.63) is 59.4 Å². The lowest BCUT2D eigenvalue weighted by Gasteiger charge is -2.15. The fourth-order valence-electron chi connectivity index (χ4n) is 1.45. The van der Waals surface area contributed by atoms with E-state index < -0.39 is 0 Å². The summed E-state index contributed by atoms with van der Waals surface area (Å²) in [5, 5.41) is 5.95. The Morgan fingerprint density at radius 2 is 2.00 bits per heavy atom. The Balaban J connectivity index is 2.04. The van der Waals surface area contributed by atoms with Crippen molar-refractivity contribution < 1.29 is 4.79 Å². The topological polar surface area (TPSA) is 41.1 Å². The van der Waals surface area contributed by atoms with Crippen LogP contribution in [0.4, 0.5) is 0 Å². The Bertz CT molecular complexity index is 446. The number of hydrogen-bond donors (Lipinski definition) is 2. The number of amides is 1. The molecule has 0 radical (unpaired) electrons. The van der Waals surface area contributed by atoms with E-state index in [0.717, 1.165) is 12.4 Å². The first-order valence-electron chi connectivity index (χ1n) is 5.23. The number of dihydropyridines is 1. The third kappa shape index (κ3) is 2.51. The van der Waals surface area contributed by atoms with Gasteiger partial charge in [-0.2, -0.15) is 0 Å². The number of benzene rings is 1. The Labute approximate surface area is 94.9 Å². The van der Waals surface area contributed by atoms with Crippen LogP contribution in [0.25, 0.3) is 0 Å². The van der Waals surface area contributed by atoms with Crippen molar-refractivity contribution in [2.75, 3.05) is 6.54 Å². The molecule has 1 aliphatic rings. The predicted molar refractivity (Wildman–Crippen MR) is 63.8 cm³/mol. The van der Waals surface area contributed by atoms with Crippen LogP contribution < -0.4 is 10.6 Å². The van der Waals surface area contributed by atoms with Crippen LogP contribution in [0.1, 0.15) is 17.3 Å². The van der Waals surface area contributed by atoms with Crippen LogP contribution in [-0.2, 0) is 0 Å². The second kappa shape index (κ2) is 4.66. The quantitative estimate of drug-likeness (QED) is 0.788. The van der Waals surface area contributed by atoms with Crippen molar-refractivity contribution in [1.29, 1.82) is 0 Å². The molecule has 0 aliphatic carbocycles. The summed E-state index contributed by atoms with van der Waals surface area (Å²) in [7, 11) is 0. The number of carbonyl (C=O) groups excluding carboxylic acids is 1. The molecule has 2 N–H and O–H groups in total. The van der Waals surface area contributed by atoms with E-state index in [2.05, 4.69) is 10.6 Å². The Morgan fingerprint density at radius 3 is 2.62 bits per heavy atom. The monoisotopic (exact) mass is 214 g/mol. The zero-order valence-electron chi connectivity index (χ0n) is 9.16. The third-order valence-electron chi connectivity index (χ3n) is 2.38. The standard InChI is InChI=1S/C13H14N2O/c1-10-7-8-12(14-9-10)15-13(16)11-5-3-2-4-6-11/h2-8,14H,9H2,1H3,(H,15,16). The van der Waals surface area contributed by atoms with Crippen LogP contribution in [0.5, 0.6) is 0 Å². The fraction of sp³-hybridized carbons (Fsp3) is 0.154. The fourth-order valence-corrected chi connectivity index (χ4v) is 1.45. The molecule has 0 atom stereocenters. The molecular formula is C13H14N2O. The molecule has 0 saturated heterocycles. The molecule has 0 unspecified atom stereocenters. The van der Waals surface area contributed by atoms with Crippen molar-refractivity contribution in [1.82, 2.24) is 10.6 Å². The summed E-state index contributed by atoms with van der Waals surface area (Å²) < 4.78 is 0. The average Bonchev–Trinajstić information content (AvgIpc) is 2.33. The maximum Gasteiger partial charge on any atom is 0.256 e. The molecule has 1 aromatic rings. The van der Waals surface area contributed by atoms with Crippen LogP contribution in [0, 0.1) is 0 Å². The van der Waals surface area contributed by atoms with Crippen LogP contribution in [0.3, 0.4) is 0 Å². The molecule has 0 fully saturated rings. The molecule has 3 heteroatoms. The van der Waals surface area contributed by atoms with Crippen molar-refractivity contribution >= 4 is 5.91 Å². The van der Waals surface area contributed by atoms with Crippen LogP contribution in [0.2, 0.25) is 0 Å². The smallest absolute Gasteiger partial charge is 0.256 e. The highest BCUT2D eigenvalue weighted by Gasteiger charge is 2.08. The summed E-state index contributed by atoms with van der Waals surface area (Å²) in [6.07, 6.45) is 3.87. The first kappa shape index (κ1) is 10.5. The number of nitrogens with one attached hydrogen (secondary N) is 2. The van der Waals surface area contributed by atoms with Gasteiger partial charge < -0.3 is 10.6 Å². The van der Waals surface area contributed by atoms with Gasteiger partial charge in [0, 0.05) is 12.1 Å². The van der Waals surface area contributed by atoms with Crippen LogP contribution in [0.15, 0.2) is 53.9 Å². The Kier molecular flexibility index (Phi) is 3.05. The lowest BCUT2D eigenvalue weighted by atomic mass is 10.2. The highest BCUT2D eigenvalue weighted by atomic mass is 16.1. The molecule has 0 saturated carbocycles. The number of hydrogen-bond acceptors (Lipinski definition) is 2. The van der Waals surface area contributed by atoms with Crippen molar-refractivity contribution in [2.45, 2.75) is 6.92 Å². The van der Waals surface area contributed by atoms with E-state index in [1.807, 2.05) is 37.3 Å². The van der Waals surface area contributed by atoms with Gasteiger partial charge in [0.15, 0.2) is 0 Å². The molecule has 3 nitrogen and oxygen atoms in total. The third-order valence-corrected chi connectivity index (χ3v) is 2.38. The maximum absolute atomic E-state index is 11.8. The first-order chi connectivity index (χ1) is 7.75. The normalized spacial score (nSPS) is 14.6. The van der Waals surface area contributed by atoms with E-state index in [-0.39, 0.29) is 5.91 Å². The highest BCUT2D eigenvalue weighted by Crippen LogP contribution is 2.03. The molecule has 1 amide bonds. The van der Waals surface area contributed by atoms with Gasteiger partial charge in [-0.1, -0.05) is 29.8 Å². The molecule has 2 rings (SSSR count). The zero-order valence-corrected chi connectivity index (χ0v) is 9.16. The summed E-state index contributed by atoms with van der Waals surface area (Å²) in [4.78, 5) is 11.8. The largest absolute Gasteiger partial charge is 0.368 e. The number of rotatable bonds is 2. The van der Waals surface area contributed by atoms with Crippen molar-refractivity contribution in [2.24, 2.45) is 0 Å². The molecule has 82 valence electrons. The number of carbonyl (C=O) groups is 1. The van der Waals surface area contributed by atoms with Gasteiger partial charge in [0.05, 0.1) is 0 Å². The molecular weight excluding hydrogens is 200 g/mol. The van der Waals surface area contributed by atoms with E-state index in [1.165, 1.54) is 5.57 Å². The molecule has 0 aromatic heterocycles. The summed E-state index contributed by atoms with van der Waals surface area (Å²) in [6.45, 7) is 2.82. The summed E-state index contributed by atoms with van der Waals surface area (Å²) in [5.41, 5.74) is 1.91. The van der Waals surface area contributed by atoms with E-state index in [4.69, 9.17) is 0 Å². The minimum Gasteiger partial charge on any atom is -0.368 e. The number of allylic oxidation sites excluding steroid dienone is 2. The van der Waals surface area contributed by atoms with Gasteiger partial charge in [-0.05, 0) is 25.1 Å². The minimum atomic E-state index is -0.0905. The first-order valence-corrected chi connectivity index (χ1v) is 5.23. The zero-order chi connectivity index (χ0) is 11.4. The van der Waals surface area contributed by atoms with Crippen LogP contribution >= 0.6 is 0 Å². The lowest BCUT2D eigenvalue weighted by Crippen LogP contribution is -2.33. The van der Waals surface area contributed by atoms with Gasteiger partial charge in [0.25, 0.3) is 5.91 Å². The minimum absolute atomic E-state index is 0.0905. The van der Waals surface area contributed by atoms with Gasteiger partial charge in [-0.3, -0.25) is 4.79 Å². The molecule has 0 bridgehead atoms. The van der Waals surface area contributed by atoms with Crippen LogP contribution in [-0.4, -0.2) is 12.5 Å². The second-order valence-electron chi connectivity index (χ2n) is 3.77. The van der Waals surface area contributed by atoms with E-state index in [0.29, 0.717) is 5.56 Å². The summed E-state index contributed by atoms with van der Waals surface area (Å²) in [6, 6.07) is 9.17. The van der Waals surface area contributed by atoms with Gasteiger partial charge in [-0.25, -0.2) is 0 Å². The maximum atomic E-state index is 11.8. The molecule has 1 aliphatic heterocycles. The lowest BCUT2D eigenvalue weighted by molar-refractivity contribution is 0.0963. The van der Waals surface area contributed by atoms with Crippen molar-refractivity contribution in [3.8, 4) is 0 Å². The molecule has 1 aromatic carbocycles. The van der Waals surface area contributed by atoms with E-state index >= 15 is 0 Å². The molecule has 16 heavy (non-hydrogen) atoms. The van der Waals surface area contributed by atoms with Crippen molar-refractivity contribution in [3.63, 3.8) is 0 Å².